The number of nitrogens with one attached hydrogen (secondary N) is 1. The Bertz CT molecular complexity index is 1110. The molecule has 0 saturated carbocycles. The molecule has 2 aromatic carbocycles. The summed E-state index contributed by atoms with van der Waals surface area (Å²) in [4.78, 5) is 42.1. The normalized spacial score (nSPS) is 18.6. The van der Waals surface area contributed by atoms with Crippen molar-refractivity contribution in [1.29, 1.82) is 0 Å². The number of fused-ring (bicyclic) bond motifs is 2. The van der Waals surface area contributed by atoms with Crippen LogP contribution in [0.1, 0.15) is 37.6 Å². The number of nitrogens with zero attached hydrogens (tertiary/aromatic N) is 2. The van der Waals surface area contributed by atoms with Crippen LogP contribution < -0.4 is 5.32 Å². The molecule has 0 aromatic heterocycles. The van der Waals surface area contributed by atoms with Crippen LogP contribution in [0.3, 0.4) is 0 Å². The average molecular weight is 458 g/mol. The maximum absolute atomic E-state index is 14.4. The molecule has 0 radical (unpaired) electrons. The fourth-order valence-electron chi connectivity index (χ4n) is 4.13. The summed E-state index contributed by atoms with van der Waals surface area (Å²) < 4.78 is 14.4. The molecule has 2 heterocycles. The Morgan fingerprint density at radius 3 is 2.56 bits per heavy atom. The highest BCUT2D eigenvalue weighted by Gasteiger charge is 2.40. The van der Waals surface area contributed by atoms with Crippen LogP contribution in [0.2, 0.25) is 5.02 Å². The summed E-state index contributed by atoms with van der Waals surface area (Å²) in [5.41, 5.74) is 1.33. The predicted octanol–water partition coefficient (Wildman–Crippen LogP) is 4.19. The molecule has 1 atom stereocenters. The van der Waals surface area contributed by atoms with E-state index in [1.54, 1.807) is 35.2 Å². The standard InChI is InChI=1S/C24H25ClFN3O3/c1-24(2,3)12-21(30)28-8-9-29-20(13-28)22(31)27-19-7-4-14(10-17(19)23(29)32)16-6-5-15(25)11-18(16)26/h4-7,10-11,20H,8-9,12-13H2,1-3H3,(H,27,31)/t20-/m0/s1. The minimum Gasteiger partial charge on any atom is -0.338 e. The summed E-state index contributed by atoms with van der Waals surface area (Å²) >= 11 is 5.85. The van der Waals surface area contributed by atoms with Crippen LogP contribution in [-0.2, 0) is 9.59 Å². The van der Waals surface area contributed by atoms with E-state index in [2.05, 4.69) is 5.32 Å². The third-order valence-electron chi connectivity index (χ3n) is 5.73. The first-order valence-corrected chi connectivity index (χ1v) is 10.9. The van der Waals surface area contributed by atoms with E-state index in [4.69, 9.17) is 11.6 Å². The fourth-order valence-corrected chi connectivity index (χ4v) is 4.29. The summed E-state index contributed by atoms with van der Waals surface area (Å²) in [6.07, 6.45) is 0.367. The van der Waals surface area contributed by atoms with Crippen molar-refractivity contribution in [2.45, 2.75) is 33.2 Å². The molecule has 0 bridgehead atoms. The Balaban J connectivity index is 1.62. The Labute approximate surface area is 191 Å². The number of benzene rings is 2. The second kappa shape index (κ2) is 8.20. The topological polar surface area (TPSA) is 69.7 Å². The zero-order valence-electron chi connectivity index (χ0n) is 18.2. The molecular formula is C24H25ClFN3O3. The van der Waals surface area contributed by atoms with Crippen LogP contribution in [0.5, 0.6) is 0 Å². The van der Waals surface area contributed by atoms with Gasteiger partial charge >= 0.3 is 0 Å². The van der Waals surface area contributed by atoms with E-state index in [1.807, 2.05) is 20.8 Å². The molecule has 6 nitrogen and oxygen atoms in total. The molecule has 0 aliphatic carbocycles. The van der Waals surface area contributed by atoms with Gasteiger partial charge in [0, 0.05) is 30.1 Å². The van der Waals surface area contributed by atoms with Crippen LogP contribution in [0.4, 0.5) is 10.1 Å². The van der Waals surface area contributed by atoms with Gasteiger partial charge in [0.25, 0.3) is 5.91 Å². The van der Waals surface area contributed by atoms with Gasteiger partial charge in [0.1, 0.15) is 11.9 Å². The zero-order valence-corrected chi connectivity index (χ0v) is 19.0. The monoisotopic (exact) mass is 457 g/mol. The molecule has 2 aromatic rings. The molecular weight excluding hydrogens is 433 g/mol. The van der Waals surface area contributed by atoms with E-state index in [1.165, 1.54) is 11.0 Å². The number of halogens is 2. The lowest BCUT2D eigenvalue weighted by Gasteiger charge is -2.40. The smallest absolute Gasteiger partial charge is 0.256 e. The van der Waals surface area contributed by atoms with Crippen molar-refractivity contribution in [3.8, 4) is 11.1 Å². The molecule has 4 rings (SSSR count). The summed E-state index contributed by atoms with van der Waals surface area (Å²) in [6.45, 7) is 6.73. The Morgan fingerprint density at radius 2 is 1.88 bits per heavy atom. The highest BCUT2D eigenvalue weighted by molar-refractivity contribution is 6.30. The molecule has 2 aliphatic rings. The lowest BCUT2D eigenvalue weighted by molar-refractivity contribution is -0.137. The Kier molecular flexibility index (Phi) is 5.71. The lowest BCUT2D eigenvalue weighted by Crippen LogP contribution is -2.59. The van der Waals surface area contributed by atoms with Gasteiger partial charge in [0.2, 0.25) is 11.8 Å². The first-order chi connectivity index (χ1) is 15.0. The van der Waals surface area contributed by atoms with E-state index in [0.717, 1.165) is 0 Å². The van der Waals surface area contributed by atoms with Gasteiger partial charge < -0.3 is 15.1 Å². The molecule has 32 heavy (non-hydrogen) atoms. The number of piperazine rings is 1. The number of hydrogen-bond acceptors (Lipinski definition) is 3. The third kappa shape index (κ3) is 4.35. The number of rotatable bonds is 2. The van der Waals surface area contributed by atoms with Gasteiger partial charge in [-0.1, -0.05) is 38.4 Å². The number of carbonyl (C=O) groups excluding carboxylic acids is 3. The molecule has 3 amide bonds. The highest BCUT2D eigenvalue weighted by Crippen LogP contribution is 2.32. The molecule has 8 heteroatoms. The van der Waals surface area contributed by atoms with Crippen molar-refractivity contribution in [2.75, 3.05) is 25.0 Å². The minimum atomic E-state index is -0.775. The van der Waals surface area contributed by atoms with Crippen LogP contribution >= 0.6 is 11.6 Å². The largest absolute Gasteiger partial charge is 0.338 e. The minimum absolute atomic E-state index is 0.0281. The van der Waals surface area contributed by atoms with Gasteiger partial charge in [-0.25, -0.2) is 4.39 Å². The zero-order chi connectivity index (χ0) is 23.2. The van der Waals surface area contributed by atoms with Gasteiger partial charge in [0.05, 0.1) is 17.8 Å². The molecule has 2 aliphatic heterocycles. The van der Waals surface area contributed by atoms with Crippen molar-refractivity contribution >= 4 is 35.0 Å². The maximum atomic E-state index is 14.4. The SMILES string of the molecule is CC(C)(C)CC(=O)N1CCN2C(=O)c3cc(-c4ccc(Cl)cc4F)ccc3NC(=O)[C@@H]2C1. The molecule has 1 fully saturated rings. The maximum Gasteiger partial charge on any atom is 0.256 e. The quantitative estimate of drug-likeness (QED) is 0.735. The third-order valence-corrected chi connectivity index (χ3v) is 5.96. The van der Waals surface area contributed by atoms with Crippen LogP contribution in [0.15, 0.2) is 36.4 Å². The highest BCUT2D eigenvalue weighted by atomic mass is 35.5. The fraction of sp³-hybridized carbons (Fsp3) is 0.375. The number of hydrogen-bond donors (Lipinski definition) is 1. The van der Waals surface area contributed by atoms with Crippen LogP contribution in [0, 0.1) is 11.2 Å². The van der Waals surface area contributed by atoms with E-state index >= 15 is 0 Å². The van der Waals surface area contributed by atoms with Gasteiger partial charge in [0.15, 0.2) is 0 Å². The summed E-state index contributed by atoms with van der Waals surface area (Å²) in [5, 5.41) is 3.09. The summed E-state index contributed by atoms with van der Waals surface area (Å²) in [5.74, 6) is -1.18. The van der Waals surface area contributed by atoms with Gasteiger partial charge in [-0.15, -0.1) is 0 Å². The molecule has 0 spiro atoms. The van der Waals surface area contributed by atoms with E-state index in [0.29, 0.717) is 35.3 Å². The van der Waals surface area contributed by atoms with E-state index < -0.39 is 11.9 Å². The van der Waals surface area contributed by atoms with E-state index in [-0.39, 0.29) is 41.2 Å². The van der Waals surface area contributed by atoms with E-state index in [9.17, 15) is 18.8 Å². The molecule has 1 saturated heterocycles. The second-order valence-corrected chi connectivity index (χ2v) is 9.90. The van der Waals surface area contributed by atoms with Gasteiger partial charge in [-0.05, 0) is 41.3 Å². The van der Waals surface area contributed by atoms with Crippen molar-refractivity contribution < 1.29 is 18.8 Å². The predicted molar refractivity (Wildman–Crippen MR) is 121 cm³/mol. The summed E-state index contributed by atoms with van der Waals surface area (Å²) in [7, 11) is 0. The number of anilines is 1. The number of carbonyl (C=O) groups is 3. The van der Waals surface area contributed by atoms with Crippen molar-refractivity contribution in [1.82, 2.24) is 9.80 Å². The Hall–Kier alpha value is -2.93. The first kappa shape index (κ1) is 22.3. The lowest BCUT2D eigenvalue weighted by atomic mass is 9.91. The van der Waals surface area contributed by atoms with Crippen molar-refractivity contribution in [3.63, 3.8) is 0 Å². The molecule has 1 N–H and O–H groups in total. The average Bonchev–Trinajstić information content (AvgIpc) is 2.81. The van der Waals surface area contributed by atoms with Crippen LogP contribution in [0.25, 0.3) is 11.1 Å². The summed E-state index contributed by atoms with van der Waals surface area (Å²) in [6, 6.07) is 8.43. The first-order valence-electron chi connectivity index (χ1n) is 10.5. The van der Waals surface area contributed by atoms with Gasteiger partial charge in [-0.3, -0.25) is 14.4 Å². The molecule has 168 valence electrons. The Morgan fingerprint density at radius 1 is 1.12 bits per heavy atom. The second-order valence-electron chi connectivity index (χ2n) is 9.47. The number of amides is 3. The van der Waals surface area contributed by atoms with Crippen LogP contribution in [-0.4, -0.2) is 53.2 Å². The van der Waals surface area contributed by atoms with Gasteiger partial charge in [-0.2, -0.15) is 0 Å². The van der Waals surface area contributed by atoms with Crippen molar-refractivity contribution in [3.05, 3.63) is 52.8 Å². The molecule has 0 unspecified atom stereocenters. The van der Waals surface area contributed by atoms with Crippen molar-refractivity contribution in [2.24, 2.45) is 5.41 Å².